The van der Waals surface area contributed by atoms with Crippen molar-refractivity contribution >= 4 is 11.6 Å². The molecule has 0 aliphatic carbocycles. The number of pyridine rings is 1. The summed E-state index contributed by atoms with van der Waals surface area (Å²) in [6, 6.07) is 8.86. The second-order valence-corrected chi connectivity index (χ2v) is 7.14. The van der Waals surface area contributed by atoms with E-state index in [2.05, 4.69) is 5.32 Å². The number of nitrogens with one attached hydrogen (secondary N) is 1. The first-order valence-corrected chi connectivity index (χ1v) is 9.00. The van der Waals surface area contributed by atoms with Crippen LogP contribution in [0, 0.1) is 19.7 Å². The van der Waals surface area contributed by atoms with Crippen LogP contribution in [0.25, 0.3) is 16.9 Å². The molecule has 0 atom stereocenters. The fourth-order valence-corrected chi connectivity index (χ4v) is 3.03. The molecule has 0 spiro atoms. The SMILES string of the molecule is Cc1ccc2nc(-c3ccc(F)c(C)c3)c(CC(=O)NCCN(C)C)n2c1. The van der Waals surface area contributed by atoms with Crippen LogP contribution in [0.15, 0.2) is 36.5 Å². The van der Waals surface area contributed by atoms with Gasteiger partial charge in [-0.05, 0) is 63.3 Å². The van der Waals surface area contributed by atoms with Crippen molar-refractivity contribution in [2.75, 3.05) is 27.2 Å². The smallest absolute Gasteiger partial charge is 0.226 e. The van der Waals surface area contributed by atoms with E-state index in [1.165, 1.54) is 6.07 Å². The maximum atomic E-state index is 13.7. The number of aromatic nitrogens is 2. The first kappa shape index (κ1) is 19.0. The Morgan fingerprint density at radius 3 is 2.70 bits per heavy atom. The molecule has 0 unspecified atom stereocenters. The molecule has 142 valence electrons. The second kappa shape index (κ2) is 7.88. The van der Waals surface area contributed by atoms with E-state index < -0.39 is 0 Å². The fraction of sp³-hybridized carbons (Fsp3) is 0.333. The molecular formula is C21H25FN4O. The summed E-state index contributed by atoms with van der Waals surface area (Å²) in [5.74, 6) is -0.304. The lowest BCUT2D eigenvalue weighted by atomic mass is 10.1. The van der Waals surface area contributed by atoms with E-state index in [0.717, 1.165) is 29.0 Å². The molecule has 2 heterocycles. The summed E-state index contributed by atoms with van der Waals surface area (Å²) < 4.78 is 15.6. The zero-order chi connectivity index (χ0) is 19.6. The van der Waals surface area contributed by atoms with Gasteiger partial charge in [0.05, 0.1) is 17.8 Å². The molecule has 0 saturated carbocycles. The highest BCUT2D eigenvalue weighted by Gasteiger charge is 2.18. The lowest BCUT2D eigenvalue weighted by molar-refractivity contribution is -0.120. The molecule has 27 heavy (non-hydrogen) atoms. The van der Waals surface area contributed by atoms with Crippen LogP contribution < -0.4 is 5.32 Å². The van der Waals surface area contributed by atoms with Crippen LogP contribution in [0.4, 0.5) is 4.39 Å². The zero-order valence-corrected chi connectivity index (χ0v) is 16.2. The van der Waals surface area contributed by atoms with Gasteiger partial charge in [-0.25, -0.2) is 9.37 Å². The molecule has 2 aromatic heterocycles. The number of imidazole rings is 1. The van der Waals surface area contributed by atoms with E-state index in [9.17, 15) is 9.18 Å². The minimum absolute atomic E-state index is 0.0553. The van der Waals surface area contributed by atoms with E-state index in [1.807, 2.05) is 48.6 Å². The van der Waals surface area contributed by atoms with Gasteiger partial charge in [0.25, 0.3) is 0 Å². The Morgan fingerprint density at radius 1 is 1.22 bits per heavy atom. The summed E-state index contributed by atoms with van der Waals surface area (Å²) in [5, 5.41) is 2.95. The molecule has 0 aliphatic heterocycles. The van der Waals surface area contributed by atoms with Gasteiger partial charge >= 0.3 is 0 Å². The Labute approximate surface area is 158 Å². The molecule has 3 rings (SSSR count). The van der Waals surface area contributed by atoms with Gasteiger partial charge in [0.1, 0.15) is 11.5 Å². The van der Waals surface area contributed by atoms with Crippen molar-refractivity contribution < 1.29 is 9.18 Å². The Hall–Kier alpha value is -2.73. The normalized spacial score (nSPS) is 11.3. The minimum Gasteiger partial charge on any atom is -0.354 e. The first-order valence-electron chi connectivity index (χ1n) is 9.00. The number of hydrogen-bond acceptors (Lipinski definition) is 3. The van der Waals surface area contributed by atoms with Gasteiger partial charge in [0.15, 0.2) is 0 Å². The number of rotatable bonds is 6. The summed E-state index contributed by atoms with van der Waals surface area (Å²) in [5.41, 5.74) is 4.74. The van der Waals surface area contributed by atoms with Gasteiger partial charge < -0.3 is 14.6 Å². The third kappa shape index (κ3) is 4.34. The van der Waals surface area contributed by atoms with Crippen LogP contribution in [0.1, 0.15) is 16.8 Å². The van der Waals surface area contributed by atoms with Crippen molar-refractivity contribution in [3.8, 4) is 11.3 Å². The molecule has 1 amide bonds. The number of benzene rings is 1. The number of nitrogens with zero attached hydrogens (tertiary/aromatic N) is 3. The van der Waals surface area contributed by atoms with E-state index in [4.69, 9.17) is 4.98 Å². The number of carbonyl (C=O) groups excluding carboxylic acids is 1. The van der Waals surface area contributed by atoms with E-state index in [1.54, 1.807) is 19.1 Å². The zero-order valence-electron chi connectivity index (χ0n) is 16.2. The minimum atomic E-state index is -0.249. The lowest BCUT2D eigenvalue weighted by Crippen LogP contribution is -2.32. The second-order valence-electron chi connectivity index (χ2n) is 7.14. The fourth-order valence-electron chi connectivity index (χ4n) is 3.03. The molecule has 0 aliphatic rings. The van der Waals surface area contributed by atoms with Gasteiger partial charge in [-0.1, -0.05) is 6.07 Å². The number of amides is 1. The van der Waals surface area contributed by atoms with Crippen LogP contribution in [0.2, 0.25) is 0 Å². The quantitative estimate of drug-likeness (QED) is 0.728. The molecule has 0 fully saturated rings. The van der Waals surface area contributed by atoms with Crippen molar-refractivity contribution in [2.24, 2.45) is 0 Å². The molecule has 1 aromatic carbocycles. The van der Waals surface area contributed by atoms with Gasteiger partial charge in [-0.2, -0.15) is 0 Å². The van der Waals surface area contributed by atoms with Crippen LogP contribution in [0.5, 0.6) is 0 Å². The summed E-state index contributed by atoms with van der Waals surface area (Å²) in [6.07, 6.45) is 2.19. The number of hydrogen-bond donors (Lipinski definition) is 1. The number of halogens is 1. The van der Waals surface area contributed by atoms with E-state index in [0.29, 0.717) is 17.8 Å². The van der Waals surface area contributed by atoms with Crippen LogP contribution in [-0.2, 0) is 11.2 Å². The number of aryl methyl sites for hydroxylation is 2. The molecule has 1 N–H and O–H groups in total. The molecule has 0 bridgehead atoms. The molecule has 0 saturated heterocycles. The molecule has 6 heteroatoms. The maximum Gasteiger partial charge on any atom is 0.226 e. The summed E-state index contributed by atoms with van der Waals surface area (Å²) in [7, 11) is 3.93. The molecule has 0 radical (unpaired) electrons. The average molecular weight is 368 g/mol. The standard InChI is InChI=1S/C21H25FN4O/c1-14-5-8-19-24-21(16-6-7-17(22)15(2)11-16)18(26(19)13-14)12-20(27)23-9-10-25(3)4/h5-8,11,13H,9-10,12H2,1-4H3,(H,23,27). The third-order valence-electron chi connectivity index (χ3n) is 4.51. The number of carbonyl (C=O) groups is 1. The van der Waals surface area contributed by atoms with E-state index in [-0.39, 0.29) is 18.1 Å². The van der Waals surface area contributed by atoms with Crippen molar-refractivity contribution in [1.82, 2.24) is 19.6 Å². The van der Waals surface area contributed by atoms with Crippen LogP contribution in [0.3, 0.4) is 0 Å². The topological polar surface area (TPSA) is 49.6 Å². The monoisotopic (exact) mass is 368 g/mol. The first-order chi connectivity index (χ1) is 12.8. The Bertz CT molecular complexity index is 978. The van der Waals surface area contributed by atoms with Gasteiger partial charge in [-0.3, -0.25) is 4.79 Å². The molecule has 5 nitrogen and oxygen atoms in total. The molecular weight excluding hydrogens is 343 g/mol. The van der Waals surface area contributed by atoms with Crippen LogP contribution >= 0.6 is 0 Å². The van der Waals surface area contributed by atoms with Gasteiger partial charge in [0, 0.05) is 24.8 Å². The lowest BCUT2D eigenvalue weighted by Gasteiger charge is -2.11. The van der Waals surface area contributed by atoms with Crippen molar-refractivity contribution in [3.05, 3.63) is 59.2 Å². The Kier molecular flexibility index (Phi) is 5.56. The van der Waals surface area contributed by atoms with Crippen molar-refractivity contribution in [1.29, 1.82) is 0 Å². The highest BCUT2D eigenvalue weighted by atomic mass is 19.1. The van der Waals surface area contributed by atoms with Crippen molar-refractivity contribution in [2.45, 2.75) is 20.3 Å². The summed E-state index contributed by atoms with van der Waals surface area (Å²) >= 11 is 0. The summed E-state index contributed by atoms with van der Waals surface area (Å²) in [4.78, 5) is 19.2. The number of fused-ring (bicyclic) bond motifs is 1. The number of likely N-dealkylation sites (N-methyl/N-ethyl adjacent to an activating group) is 1. The highest BCUT2D eigenvalue weighted by Crippen LogP contribution is 2.27. The van der Waals surface area contributed by atoms with Gasteiger partial charge in [0.2, 0.25) is 5.91 Å². The Balaban J connectivity index is 1.99. The molecule has 3 aromatic rings. The largest absolute Gasteiger partial charge is 0.354 e. The highest BCUT2D eigenvalue weighted by molar-refractivity contribution is 5.81. The Morgan fingerprint density at radius 2 is 2.00 bits per heavy atom. The van der Waals surface area contributed by atoms with Crippen LogP contribution in [-0.4, -0.2) is 47.4 Å². The average Bonchev–Trinajstić information content (AvgIpc) is 2.95. The maximum absolute atomic E-state index is 13.7. The van der Waals surface area contributed by atoms with E-state index >= 15 is 0 Å². The predicted molar refractivity (Wildman–Crippen MR) is 105 cm³/mol. The predicted octanol–water partition coefficient (Wildman–Crippen LogP) is 2.98. The summed E-state index contributed by atoms with van der Waals surface area (Å²) in [6.45, 7) is 5.10. The third-order valence-corrected chi connectivity index (χ3v) is 4.51. The van der Waals surface area contributed by atoms with Crippen molar-refractivity contribution in [3.63, 3.8) is 0 Å². The van der Waals surface area contributed by atoms with Gasteiger partial charge in [-0.15, -0.1) is 0 Å².